The van der Waals surface area contributed by atoms with Gasteiger partial charge in [-0.3, -0.25) is 4.79 Å². The molecular formula is C26H43BrO3. The van der Waals surface area contributed by atoms with Crippen molar-refractivity contribution in [2.45, 2.75) is 92.6 Å². The van der Waals surface area contributed by atoms with Crippen LogP contribution in [0.3, 0.4) is 0 Å². The summed E-state index contributed by atoms with van der Waals surface area (Å²) >= 11 is 3.60. The predicted molar refractivity (Wildman–Crippen MR) is 128 cm³/mol. The van der Waals surface area contributed by atoms with Crippen LogP contribution in [0.1, 0.15) is 86.5 Å². The normalized spacial score (nSPS) is 31.1. The molecular weight excluding hydrogens is 440 g/mol. The van der Waals surface area contributed by atoms with Crippen molar-refractivity contribution in [3.63, 3.8) is 0 Å². The van der Waals surface area contributed by atoms with Gasteiger partial charge in [0.05, 0.1) is 11.5 Å². The van der Waals surface area contributed by atoms with Crippen LogP contribution in [-0.2, 0) is 9.53 Å². The maximum Gasteiger partial charge on any atom is 0.311 e. The molecule has 0 saturated heterocycles. The van der Waals surface area contributed by atoms with E-state index < -0.39 is 11.5 Å². The Kier molecular flexibility index (Phi) is 8.84. The number of fused-ring (bicyclic) bond motifs is 1. The number of halogens is 1. The second-order valence-corrected chi connectivity index (χ2v) is 11.5. The third-order valence-corrected chi connectivity index (χ3v) is 8.50. The topological polar surface area (TPSA) is 46.5 Å². The van der Waals surface area contributed by atoms with Gasteiger partial charge in [0.2, 0.25) is 0 Å². The Morgan fingerprint density at radius 3 is 2.63 bits per heavy atom. The molecule has 172 valence electrons. The summed E-state index contributed by atoms with van der Waals surface area (Å²) in [7, 11) is 0. The molecule has 0 heterocycles. The standard InChI is InChI=1S/C26H43BrO3/c1-8-20(18(3)16-30-24(29)25(4,5)6)23(28)14-17(2)21-11-12-22-19(15-27)10-9-13-26(21,22)7/h15,17,20-23,28H,3,8-14,16H2,1-2,4-7H3/b19-15+/t17-,20+,21-,22+,23-,26-/m1/s1. The average Bonchev–Trinajstić information content (AvgIpc) is 3.02. The molecule has 2 aliphatic carbocycles. The fourth-order valence-electron chi connectivity index (χ4n) is 6.17. The molecule has 2 fully saturated rings. The summed E-state index contributed by atoms with van der Waals surface area (Å²) in [4.78, 5) is 14.3. The van der Waals surface area contributed by atoms with Gasteiger partial charge in [-0.2, -0.15) is 0 Å². The number of carbonyl (C=O) groups excluding carboxylic acids is 1. The van der Waals surface area contributed by atoms with Crippen LogP contribution in [-0.4, -0.2) is 23.8 Å². The fraction of sp³-hybridized carbons (Fsp3) is 0.808. The summed E-state index contributed by atoms with van der Waals surface area (Å²) in [5.74, 6) is 1.53. The van der Waals surface area contributed by atoms with E-state index in [0.29, 0.717) is 23.2 Å². The third-order valence-electron chi connectivity index (χ3n) is 7.91. The van der Waals surface area contributed by atoms with Crippen molar-refractivity contribution in [1.29, 1.82) is 0 Å². The molecule has 2 aliphatic rings. The highest BCUT2D eigenvalue weighted by molar-refractivity contribution is 9.11. The van der Waals surface area contributed by atoms with Crippen LogP contribution < -0.4 is 0 Å². The fourth-order valence-corrected chi connectivity index (χ4v) is 6.72. The lowest BCUT2D eigenvalue weighted by molar-refractivity contribution is -0.152. The molecule has 2 rings (SSSR count). The van der Waals surface area contributed by atoms with E-state index in [2.05, 4.69) is 48.3 Å². The number of allylic oxidation sites excluding steroid dienone is 1. The van der Waals surface area contributed by atoms with E-state index in [-0.39, 0.29) is 18.5 Å². The van der Waals surface area contributed by atoms with E-state index in [4.69, 9.17) is 4.74 Å². The zero-order valence-electron chi connectivity index (χ0n) is 20.0. The first-order valence-corrected chi connectivity index (χ1v) is 12.7. The lowest BCUT2D eigenvalue weighted by Crippen LogP contribution is -2.37. The molecule has 4 heteroatoms. The number of esters is 1. The van der Waals surface area contributed by atoms with Crippen LogP contribution in [0.5, 0.6) is 0 Å². The summed E-state index contributed by atoms with van der Waals surface area (Å²) in [6.07, 6.45) is 7.45. The third kappa shape index (κ3) is 5.59. The molecule has 0 spiro atoms. The summed E-state index contributed by atoms with van der Waals surface area (Å²) in [6.45, 7) is 16.8. The average molecular weight is 484 g/mol. The molecule has 0 aromatic rings. The first-order chi connectivity index (χ1) is 14.0. The number of hydrogen-bond donors (Lipinski definition) is 1. The van der Waals surface area contributed by atoms with Crippen molar-refractivity contribution in [2.75, 3.05) is 6.61 Å². The van der Waals surface area contributed by atoms with E-state index in [1.54, 1.807) is 5.57 Å². The summed E-state index contributed by atoms with van der Waals surface area (Å²) in [5.41, 5.74) is 2.23. The maximum absolute atomic E-state index is 12.1. The van der Waals surface area contributed by atoms with E-state index >= 15 is 0 Å². The van der Waals surface area contributed by atoms with Gasteiger partial charge in [-0.25, -0.2) is 0 Å². The second-order valence-electron chi connectivity index (χ2n) is 11.1. The Bertz CT molecular complexity index is 647. The Hall–Kier alpha value is -0.610. The molecule has 3 nitrogen and oxygen atoms in total. The van der Waals surface area contributed by atoms with Crippen LogP contribution in [0.4, 0.5) is 0 Å². The number of ether oxygens (including phenoxy) is 1. The van der Waals surface area contributed by atoms with Crippen LogP contribution in [0, 0.1) is 34.5 Å². The van der Waals surface area contributed by atoms with Gasteiger partial charge in [-0.05, 0) is 99.4 Å². The van der Waals surface area contributed by atoms with E-state index in [1.165, 1.54) is 32.1 Å². The minimum atomic E-state index is -0.522. The van der Waals surface area contributed by atoms with E-state index in [0.717, 1.165) is 18.4 Å². The quantitative estimate of drug-likeness (QED) is 0.298. The Balaban J connectivity index is 1.99. The van der Waals surface area contributed by atoms with Crippen molar-refractivity contribution in [3.8, 4) is 0 Å². The van der Waals surface area contributed by atoms with E-state index in [9.17, 15) is 9.90 Å². The molecule has 0 unspecified atom stereocenters. The molecule has 0 bridgehead atoms. The monoisotopic (exact) mass is 482 g/mol. The van der Waals surface area contributed by atoms with Crippen molar-refractivity contribution < 1.29 is 14.6 Å². The van der Waals surface area contributed by atoms with Crippen LogP contribution in [0.2, 0.25) is 0 Å². The number of hydrogen-bond acceptors (Lipinski definition) is 3. The lowest BCUT2D eigenvalue weighted by atomic mass is 9.61. The first kappa shape index (κ1) is 25.6. The SMILES string of the molecule is C=C(COC(=O)C(C)(C)C)[C@H](CC)[C@H](O)C[C@@H](C)[C@H]1CC[C@H]2/C(=C/Br)CCC[C@]12C. The Morgan fingerprint density at radius 2 is 2.07 bits per heavy atom. The predicted octanol–water partition coefficient (Wildman–Crippen LogP) is 7.04. The molecule has 0 aromatic carbocycles. The van der Waals surface area contributed by atoms with Gasteiger partial charge >= 0.3 is 5.97 Å². The molecule has 0 amide bonds. The molecule has 0 radical (unpaired) electrons. The molecule has 30 heavy (non-hydrogen) atoms. The highest BCUT2D eigenvalue weighted by Gasteiger charge is 2.50. The van der Waals surface area contributed by atoms with Gasteiger partial charge in [0, 0.05) is 5.92 Å². The van der Waals surface area contributed by atoms with Crippen molar-refractivity contribution in [1.82, 2.24) is 0 Å². The van der Waals surface area contributed by atoms with Gasteiger partial charge in [0.1, 0.15) is 6.61 Å². The highest BCUT2D eigenvalue weighted by atomic mass is 79.9. The Labute approximate surface area is 192 Å². The summed E-state index contributed by atoms with van der Waals surface area (Å²) < 4.78 is 5.46. The molecule has 0 aromatic heterocycles. The molecule has 1 N–H and O–H groups in total. The van der Waals surface area contributed by atoms with Crippen LogP contribution in [0.15, 0.2) is 22.7 Å². The zero-order chi connectivity index (χ0) is 22.7. The minimum absolute atomic E-state index is 0.0328. The van der Waals surface area contributed by atoms with E-state index in [1.807, 2.05) is 20.8 Å². The number of carbonyl (C=O) groups is 1. The minimum Gasteiger partial charge on any atom is -0.461 e. The van der Waals surface area contributed by atoms with Crippen molar-refractivity contribution in [2.24, 2.45) is 34.5 Å². The molecule has 6 atom stereocenters. The summed E-state index contributed by atoms with van der Waals surface area (Å²) in [5, 5.41) is 11.1. The first-order valence-electron chi connectivity index (χ1n) is 11.8. The Morgan fingerprint density at radius 1 is 1.40 bits per heavy atom. The highest BCUT2D eigenvalue weighted by Crippen LogP contribution is 2.60. The van der Waals surface area contributed by atoms with Crippen LogP contribution in [0.25, 0.3) is 0 Å². The van der Waals surface area contributed by atoms with Crippen LogP contribution >= 0.6 is 15.9 Å². The number of aliphatic hydroxyl groups is 1. The zero-order valence-corrected chi connectivity index (χ0v) is 21.6. The second kappa shape index (κ2) is 10.3. The largest absolute Gasteiger partial charge is 0.461 e. The van der Waals surface area contributed by atoms with Crippen molar-refractivity contribution in [3.05, 3.63) is 22.7 Å². The summed E-state index contributed by atoms with van der Waals surface area (Å²) in [6, 6.07) is 0. The van der Waals surface area contributed by atoms with Gasteiger partial charge in [0.25, 0.3) is 0 Å². The van der Waals surface area contributed by atoms with Gasteiger partial charge in [-0.1, -0.05) is 48.9 Å². The molecule has 2 saturated carbocycles. The van der Waals surface area contributed by atoms with Gasteiger partial charge in [-0.15, -0.1) is 0 Å². The molecule has 0 aliphatic heterocycles. The number of rotatable bonds is 8. The van der Waals surface area contributed by atoms with Gasteiger partial charge < -0.3 is 9.84 Å². The number of aliphatic hydroxyl groups excluding tert-OH is 1. The lowest BCUT2D eigenvalue weighted by Gasteiger charge is -2.44. The smallest absolute Gasteiger partial charge is 0.311 e. The van der Waals surface area contributed by atoms with Gasteiger partial charge in [0.15, 0.2) is 0 Å². The maximum atomic E-state index is 12.1. The van der Waals surface area contributed by atoms with Crippen molar-refractivity contribution >= 4 is 21.9 Å².